The molecule has 124 valence electrons. The first-order valence-corrected chi connectivity index (χ1v) is 6.04. The molecule has 0 spiro atoms. The molecule has 1 aromatic carbocycles. The fourth-order valence-corrected chi connectivity index (χ4v) is 2.39. The van der Waals surface area contributed by atoms with Crippen molar-refractivity contribution in [2.24, 2.45) is 0 Å². The molecule has 23 heavy (non-hydrogen) atoms. The van der Waals surface area contributed by atoms with Crippen LogP contribution in [0, 0.1) is 0 Å². The van der Waals surface area contributed by atoms with E-state index in [1.165, 1.54) is 24.3 Å². The highest BCUT2D eigenvalue weighted by Gasteiger charge is 2.81. The molecular formula is C14H9F6NO2. The Morgan fingerprint density at radius 1 is 0.870 bits per heavy atom. The number of halogens is 6. The maximum Gasteiger partial charge on any atom is 0.384 e. The lowest BCUT2D eigenvalue weighted by atomic mass is 10.0. The van der Waals surface area contributed by atoms with E-state index < -0.39 is 34.8 Å². The van der Waals surface area contributed by atoms with Gasteiger partial charge in [-0.05, 0) is 11.5 Å². The van der Waals surface area contributed by atoms with Gasteiger partial charge in [-0.3, -0.25) is 4.98 Å². The van der Waals surface area contributed by atoms with Crippen LogP contribution in [0.3, 0.4) is 0 Å². The van der Waals surface area contributed by atoms with Gasteiger partial charge in [0.25, 0.3) is 0 Å². The molecule has 1 aromatic heterocycles. The highest BCUT2D eigenvalue weighted by molar-refractivity contribution is 5.95. The number of hydrogen-bond acceptors (Lipinski definition) is 2. The summed E-state index contributed by atoms with van der Waals surface area (Å²) in [7, 11) is 0. The molecule has 0 bridgehead atoms. The van der Waals surface area contributed by atoms with Gasteiger partial charge in [-0.2, -0.15) is 26.3 Å². The molecule has 1 aliphatic rings. The number of alkyl halides is 6. The van der Waals surface area contributed by atoms with Gasteiger partial charge < -0.3 is 10.6 Å². The largest absolute Gasteiger partial charge is 0.506 e. The van der Waals surface area contributed by atoms with Crippen molar-refractivity contribution in [3.05, 3.63) is 48.0 Å². The van der Waals surface area contributed by atoms with Gasteiger partial charge in [0, 0.05) is 11.6 Å². The minimum atomic E-state index is -5.74. The van der Waals surface area contributed by atoms with Crippen molar-refractivity contribution in [2.45, 2.75) is 17.8 Å². The molecule has 0 saturated carbocycles. The quantitative estimate of drug-likeness (QED) is 0.808. The van der Waals surface area contributed by atoms with Gasteiger partial charge in [-0.25, -0.2) is 0 Å². The van der Waals surface area contributed by atoms with Crippen molar-refractivity contribution in [3.63, 3.8) is 0 Å². The zero-order valence-electron chi connectivity index (χ0n) is 11.1. The number of nitrogens with zero attached hydrogens (tertiary/aromatic N) is 1. The maximum atomic E-state index is 13.9. The van der Waals surface area contributed by atoms with Gasteiger partial charge in [-0.1, -0.05) is 24.3 Å². The van der Waals surface area contributed by atoms with Crippen molar-refractivity contribution < 1.29 is 36.9 Å². The van der Waals surface area contributed by atoms with E-state index in [-0.39, 0.29) is 10.9 Å². The number of pyridine rings is 1. The normalized spacial score (nSPS) is 21.3. The zero-order chi connectivity index (χ0) is 16.3. The molecule has 3 nitrogen and oxygen atoms in total. The molecule has 0 atom stereocenters. The molecule has 1 aliphatic carbocycles. The number of hydrogen-bond donors (Lipinski definition) is 1. The number of rotatable bonds is 1. The Hall–Kier alpha value is -2.29. The van der Waals surface area contributed by atoms with E-state index >= 15 is 0 Å². The molecule has 9 heteroatoms. The average molecular weight is 337 g/mol. The van der Waals surface area contributed by atoms with Crippen LogP contribution in [-0.2, 0) is 0 Å². The lowest BCUT2D eigenvalue weighted by Crippen LogP contribution is -2.49. The van der Waals surface area contributed by atoms with Crippen molar-refractivity contribution in [1.82, 2.24) is 4.98 Å². The van der Waals surface area contributed by atoms with E-state index in [0.717, 1.165) is 6.20 Å². The molecule has 0 amide bonds. The maximum absolute atomic E-state index is 13.9. The summed E-state index contributed by atoms with van der Waals surface area (Å²) in [5.41, 5.74) is -2.64. The van der Waals surface area contributed by atoms with E-state index in [1.807, 2.05) is 0 Å². The lowest BCUT2D eigenvalue weighted by Gasteiger charge is -2.24. The summed E-state index contributed by atoms with van der Waals surface area (Å²) in [5, 5.41) is 9.62. The first-order valence-electron chi connectivity index (χ1n) is 6.04. The molecule has 1 heterocycles. The summed E-state index contributed by atoms with van der Waals surface area (Å²) in [6.45, 7) is 0. The lowest BCUT2D eigenvalue weighted by molar-refractivity contribution is -0.266. The molecule has 3 N–H and O–H groups in total. The molecule has 0 saturated heterocycles. The Balaban J connectivity index is 0.00000192. The zero-order valence-corrected chi connectivity index (χ0v) is 11.1. The third-order valence-corrected chi connectivity index (χ3v) is 3.55. The van der Waals surface area contributed by atoms with Crippen LogP contribution in [0.1, 0.15) is 5.69 Å². The molecule has 3 rings (SSSR count). The van der Waals surface area contributed by atoms with Crippen LogP contribution < -0.4 is 0 Å². The summed E-state index contributed by atoms with van der Waals surface area (Å²) >= 11 is 0. The van der Waals surface area contributed by atoms with Crippen molar-refractivity contribution >= 4 is 16.3 Å². The predicted octanol–water partition coefficient (Wildman–Crippen LogP) is 3.60. The fraction of sp³-hybridized carbons (Fsp3) is 0.214. The molecule has 0 radical (unpaired) electrons. The van der Waals surface area contributed by atoms with Gasteiger partial charge >= 0.3 is 17.8 Å². The molecule has 2 aromatic rings. The monoisotopic (exact) mass is 337 g/mol. The minimum absolute atomic E-state index is 0. The Kier molecular flexibility index (Phi) is 3.60. The second-order valence-corrected chi connectivity index (χ2v) is 4.83. The van der Waals surface area contributed by atoms with E-state index in [0.29, 0.717) is 5.39 Å². The summed E-state index contributed by atoms with van der Waals surface area (Å²) in [4.78, 5) is 3.50. The van der Waals surface area contributed by atoms with Crippen LogP contribution in [-0.4, -0.2) is 33.3 Å². The number of aliphatic hydroxyl groups excluding tert-OH is 1. The van der Waals surface area contributed by atoms with Crippen LogP contribution in [0.15, 0.2) is 42.3 Å². The van der Waals surface area contributed by atoms with Crippen molar-refractivity contribution in [2.75, 3.05) is 0 Å². The number of benzene rings is 1. The fourth-order valence-electron chi connectivity index (χ4n) is 2.39. The van der Waals surface area contributed by atoms with E-state index in [9.17, 15) is 31.4 Å². The van der Waals surface area contributed by atoms with Gasteiger partial charge in [0.05, 0.1) is 11.3 Å². The Morgan fingerprint density at radius 3 is 2.04 bits per heavy atom. The molecular weight excluding hydrogens is 328 g/mol. The van der Waals surface area contributed by atoms with Crippen molar-refractivity contribution in [3.8, 4) is 0 Å². The Bertz CT molecular complexity index is 797. The first kappa shape index (κ1) is 17.1. The van der Waals surface area contributed by atoms with Gasteiger partial charge in [0.15, 0.2) is 5.76 Å². The summed E-state index contributed by atoms with van der Waals surface area (Å²) in [6, 6.07) is 7.11. The summed E-state index contributed by atoms with van der Waals surface area (Å²) < 4.78 is 81.2. The molecule has 0 unspecified atom stereocenters. The van der Waals surface area contributed by atoms with Crippen LogP contribution in [0.5, 0.6) is 0 Å². The number of allylic oxidation sites excluding steroid dienone is 2. The Morgan fingerprint density at radius 2 is 1.48 bits per heavy atom. The minimum Gasteiger partial charge on any atom is -0.506 e. The van der Waals surface area contributed by atoms with Crippen molar-refractivity contribution in [1.29, 1.82) is 0 Å². The van der Waals surface area contributed by atoms with Crippen LogP contribution >= 0.6 is 0 Å². The van der Waals surface area contributed by atoms with Gasteiger partial charge in [-0.15, -0.1) is 0 Å². The van der Waals surface area contributed by atoms with Crippen LogP contribution in [0.25, 0.3) is 16.3 Å². The third kappa shape index (κ3) is 1.92. The topological polar surface area (TPSA) is 64.6 Å². The van der Waals surface area contributed by atoms with Crippen LogP contribution in [0.4, 0.5) is 26.3 Å². The molecule has 0 fully saturated rings. The summed E-state index contributed by atoms with van der Waals surface area (Å²) in [5.74, 6) is -18.7. The second-order valence-electron chi connectivity index (χ2n) is 4.83. The number of aliphatic hydroxyl groups is 1. The van der Waals surface area contributed by atoms with Crippen LogP contribution in [0.2, 0.25) is 0 Å². The van der Waals surface area contributed by atoms with E-state index in [1.54, 1.807) is 6.07 Å². The van der Waals surface area contributed by atoms with E-state index in [4.69, 9.17) is 0 Å². The van der Waals surface area contributed by atoms with Gasteiger partial charge in [0.1, 0.15) is 0 Å². The molecule has 0 aliphatic heterocycles. The highest BCUT2D eigenvalue weighted by atomic mass is 19.3. The highest BCUT2D eigenvalue weighted by Crippen LogP contribution is 2.61. The Labute approximate surface area is 125 Å². The summed E-state index contributed by atoms with van der Waals surface area (Å²) in [6.07, 6.45) is 1.02. The standard InChI is InChI=1S/C14H7F6NO.H2O/c15-12(16)9(11(22)13(17,18)14(12,19)20)10-8-4-2-1-3-7(8)5-6-21-10;/h1-6,22H;1H2. The first-order chi connectivity index (χ1) is 10.1. The second kappa shape index (κ2) is 4.85. The number of fused-ring (bicyclic) bond motifs is 1. The smallest absolute Gasteiger partial charge is 0.384 e. The average Bonchev–Trinajstić information content (AvgIpc) is 2.55. The van der Waals surface area contributed by atoms with E-state index in [2.05, 4.69) is 4.98 Å². The predicted molar refractivity (Wildman–Crippen MR) is 69.7 cm³/mol. The number of aromatic nitrogens is 1. The SMILES string of the molecule is O.OC1=C(c2nccc3ccccc23)C(F)(F)C(F)(F)C1(F)F. The van der Waals surface area contributed by atoms with Gasteiger partial charge in [0.2, 0.25) is 0 Å². The third-order valence-electron chi connectivity index (χ3n) is 3.55.